The van der Waals surface area contributed by atoms with Crippen molar-refractivity contribution in [1.29, 1.82) is 0 Å². The number of hydroxylamine groups is 1. The summed E-state index contributed by atoms with van der Waals surface area (Å²) in [7, 11) is 0. The second kappa shape index (κ2) is 4.20. The SMILES string of the molecule is O=C1CCCN1N(O)C(=O)C12CC3CC(CC(C3)C1)C2. The maximum atomic E-state index is 12.8. The Balaban J connectivity index is 1.57. The molecule has 1 N–H and O–H groups in total. The predicted molar refractivity (Wildman–Crippen MR) is 70.2 cm³/mol. The Morgan fingerprint density at radius 2 is 1.70 bits per heavy atom. The Hall–Kier alpha value is -1.10. The molecule has 5 fully saturated rings. The number of carbonyl (C=O) groups excluding carboxylic acids is 2. The van der Waals surface area contributed by atoms with Gasteiger partial charge in [-0.25, -0.2) is 5.01 Å². The lowest BCUT2D eigenvalue weighted by atomic mass is 9.49. The van der Waals surface area contributed by atoms with E-state index in [-0.39, 0.29) is 17.2 Å². The summed E-state index contributed by atoms with van der Waals surface area (Å²) in [6.07, 6.45) is 7.70. The minimum absolute atomic E-state index is 0.134. The third-order valence-corrected chi connectivity index (χ3v) is 5.95. The predicted octanol–water partition coefficient (Wildman–Crippen LogP) is 1.96. The van der Waals surface area contributed by atoms with Gasteiger partial charge in [0, 0.05) is 13.0 Å². The van der Waals surface area contributed by atoms with Gasteiger partial charge in [-0.3, -0.25) is 14.8 Å². The van der Waals surface area contributed by atoms with E-state index in [0.29, 0.717) is 35.9 Å². The van der Waals surface area contributed by atoms with Gasteiger partial charge in [0.15, 0.2) is 0 Å². The second-order valence-electron chi connectivity index (χ2n) is 7.41. The largest absolute Gasteiger partial charge is 0.273 e. The number of rotatable bonds is 2. The van der Waals surface area contributed by atoms with Gasteiger partial charge in [-0.05, 0) is 62.7 Å². The van der Waals surface area contributed by atoms with E-state index in [9.17, 15) is 14.8 Å². The molecule has 0 aromatic heterocycles. The second-order valence-corrected chi connectivity index (χ2v) is 7.41. The van der Waals surface area contributed by atoms with Crippen molar-refractivity contribution >= 4 is 11.8 Å². The molecule has 0 unspecified atom stereocenters. The van der Waals surface area contributed by atoms with E-state index in [1.54, 1.807) is 0 Å². The molecule has 0 aromatic carbocycles. The van der Waals surface area contributed by atoms with Gasteiger partial charge in [0.1, 0.15) is 0 Å². The van der Waals surface area contributed by atoms with Crippen LogP contribution in [0, 0.1) is 23.2 Å². The molecule has 110 valence electrons. The summed E-state index contributed by atoms with van der Waals surface area (Å²) in [5.41, 5.74) is -0.383. The van der Waals surface area contributed by atoms with Crippen LogP contribution in [-0.4, -0.2) is 33.7 Å². The highest BCUT2D eigenvalue weighted by Gasteiger charge is 2.56. The molecule has 4 bridgehead atoms. The van der Waals surface area contributed by atoms with Crippen LogP contribution in [-0.2, 0) is 9.59 Å². The van der Waals surface area contributed by atoms with Gasteiger partial charge in [-0.1, -0.05) is 0 Å². The molecule has 5 rings (SSSR count). The summed E-state index contributed by atoms with van der Waals surface area (Å²) < 4.78 is 0. The molecular formula is C15H22N2O3. The monoisotopic (exact) mass is 278 g/mol. The summed E-state index contributed by atoms with van der Waals surface area (Å²) in [5, 5.41) is 12.1. The van der Waals surface area contributed by atoms with E-state index in [0.717, 1.165) is 25.7 Å². The highest BCUT2D eigenvalue weighted by Crippen LogP contribution is 2.60. The van der Waals surface area contributed by atoms with Crippen molar-refractivity contribution in [2.45, 2.75) is 51.4 Å². The highest BCUT2D eigenvalue weighted by molar-refractivity contribution is 5.86. The first-order chi connectivity index (χ1) is 9.57. The molecule has 2 amide bonds. The third kappa shape index (κ3) is 1.72. The van der Waals surface area contributed by atoms with Crippen molar-refractivity contribution in [2.75, 3.05) is 6.54 Å². The van der Waals surface area contributed by atoms with Gasteiger partial charge in [-0.15, -0.1) is 5.17 Å². The van der Waals surface area contributed by atoms with Gasteiger partial charge >= 0.3 is 0 Å². The Bertz CT molecular complexity index is 427. The smallest absolute Gasteiger partial charge is 0.272 e. The molecule has 0 aromatic rings. The van der Waals surface area contributed by atoms with Crippen LogP contribution in [0.25, 0.3) is 0 Å². The minimum Gasteiger partial charge on any atom is -0.273 e. The molecule has 5 heteroatoms. The van der Waals surface area contributed by atoms with Crippen LogP contribution in [0.2, 0.25) is 0 Å². The van der Waals surface area contributed by atoms with Gasteiger partial charge in [0.2, 0.25) is 5.91 Å². The van der Waals surface area contributed by atoms with Crippen LogP contribution in [0.15, 0.2) is 0 Å². The van der Waals surface area contributed by atoms with Gasteiger partial charge < -0.3 is 0 Å². The molecule has 1 aliphatic heterocycles. The van der Waals surface area contributed by atoms with Crippen LogP contribution >= 0.6 is 0 Å². The fourth-order valence-electron chi connectivity index (χ4n) is 5.53. The number of nitrogens with zero attached hydrogens (tertiary/aromatic N) is 2. The lowest BCUT2D eigenvalue weighted by Gasteiger charge is -2.56. The summed E-state index contributed by atoms with van der Waals surface area (Å²) in [6.45, 7) is 0.466. The van der Waals surface area contributed by atoms with Gasteiger partial charge in [-0.2, -0.15) is 0 Å². The Labute approximate surface area is 118 Å². The standard InChI is InChI=1S/C15H22N2O3/c18-13-2-1-3-16(13)17(20)14(19)15-7-10-4-11(8-15)6-12(5-10)9-15/h10-12,20H,1-9H2. The Morgan fingerprint density at radius 3 is 2.15 bits per heavy atom. The summed E-state index contributed by atoms with van der Waals surface area (Å²) in [5.74, 6) is 1.63. The van der Waals surface area contributed by atoms with Crippen molar-refractivity contribution in [3.05, 3.63) is 0 Å². The minimum atomic E-state index is -0.383. The lowest BCUT2D eigenvalue weighted by molar-refractivity contribution is -0.246. The number of amides is 2. The number of hydrogen-bond acceptors (Lipinski definition) is 3. The topological polar surface area (TPSA) is 60.9 Å². The maximum Gasteiger partial charge on any atom is 0.272 e. The summed E-state index contributed by atoms with van der Waals surface area (Å²) in [6, 6.07) is 0. The van der Waals surface area contributed by atoms with E-state index in [1.807, 2.05) is 0 Å². The van der Waals surface area contributed by atoms with E-state index in [1.165, 1.54) is 24.3 Å². The van der Waals surface area contributed by atoms with E-state index in [4.69, 9.17) is 0 Å². The first-order valence-corrected chi connectivity index (χ1v) is 7.91. The first-order valence-electron chi connectivity index (χ1n) is 7.91. The van der Waals surface area contributed by atoms with Crippen molar-refractivity contribution in [3.63, 3.8) is 0 Å². The average molecular weight is 278 g/mol. The number of hydrogen-bond donors (Lipinski definition) is 1. The van der Waals surface area contributed by atoms with Crippen LogP contribution in [0.4, 0.5) is 0 Å². The van der Waals surface area contributed by atoms with Crippen LogP contribution in [0.5, 0.6) is 0 Å². The summed E-state index contributed by atoms with van der Waals surface area (Å²) >= 11 is 0. The first kappa shape index (κ1) is 12.6. The molecule has 4 saturated carbocycles. The van der Waals surface area contributed by atoms with Gasteiger partial charge in [0.25, 0.3) is 5.91 Å². The molecule has 1 heterocycles. The van der Waals surface area contributed by atoms with E-state index in [2.05, 4.69) is 0 Å². The quantitative estimate of drug-likeness (QED) is 0.620. The zero-order chi connectivity index (χ0) is 13.9. The molecule has 5 nitrogen and oxygen atoms in total. The lowest BCUT2D eigenvalue weighted by Crippen LogP contribution is -2.57. The molecule has 0 radical (unpaired) electrons. The van der Waals surface area contributed by atoms with Crippen molar-refractivity contribution in [2.24, 2.45) is 23.2 Å². The third-order valence-electron chi connectivity index (χ3n) is 5.95. The van der Waals surface area contributed by atoms with Crippen molar-refractivity contribution in [3.8, 4) is 0 Å². The Kier molecular flexibility index (Phi) is 2.65. The fourth-order valence-corrected chi connectivity index (χ4v) is 5.53. The molecule has 1 saturated heterocycles. The molecule has 0 spiro atoms. The molecular weight excluding hydrogens is 256 g/mol. The molecule has 20 heavy (non-hydrogen) atoms. The highest BCUT2D eigenvalue weighted by atomic mass is 16.6. The molecule has 0 atom stereocenters. The van der Waals surface area contributed by atoms with Crippen LogP contribution in [0.1, 0.15) is 51.4 Å². The normalized spacial score (nSPS) is 42.4. The van der Waals surface area contributed by atoms with Crippen molar-refractivity contribution in [1.82, 2.24) is 10.2 Å². The molecule has 5 aliphatic rings. The van der Waals surface area contributed by atoms with Crippen LogP contribution in [0.3, 0.4) is 0 Å². The molecule has 4 aliphatic carbocycles. The Morgan fingerprint density at radius 1 is 1.15 bits per heavy atom. The van der Waals surface area contributed by atoms with E-state index < -0.39 is 0 Å². The zero-order valence-electron chi connectivity index (χ0n) is 11.8. The zero-order valence-corrected chi connectivity index (χ0v) is 11.8. The maximum absolute atomic E-state index is 12.8. The number of carbonyl (C=O) groups is 2. The summed E-state index contributed by atoms with van der Waals surface area (Å²) in [4.78, 5) is 24.5. The number of hydrazine groups is 1. The van der Waals surface area contributed by atoms with E-state index >= 15 is 0 Å². The fraction of sp³-hybridized carbons (Fsp3) is 0.867. The van der Waals surface area contributed by atoms with Crippen molar-refractivity contribution < 1.29 is 14.8 Å². The van der Waals surface area contributed by atoms with Crippen LogP contribution < -0.4 is 0 Å². The average Bonchev–Trinajstić information content (AvgIpc) is 2.81. The van der Waals surface area contributed by atoms with Gasteiger partial charge in [0.05, 0.1) is 5.41 Å².